The number of carbonyl (C=O) groups excluding carboxylic acids is 1. The second-order valence-corrected chi connectivity index (χ2v) is 6.69. The van der Waals surface area contributed by atoms with Gasteiger partial charge in [-0.2, -0.15) is 0 Å². The molecule has 0 aliphatic rings. The van der Waals surface area contributed by atoms with Gasteiger partial charge < -0.3 is 5.32 Å². The Morgan fingerprint density at radius 2 is 1.54 bits per heavy atom. The van der Waals surface area contributed by atoms with Crippen molar-refractivity contribution in [1.82, 2.24) is 0 Å². The van der Waals surface area contributed by atoms with E-state index >= 15 is 0 Å². The monoisotopic (exact) mass is 353 g/mol. The maximum atomic E-state index is 12.6. The molecule has 0 spiro atoms. The van der Waals surface area contributed by atoms with E-state index in [1.807, 2.05) is 42.5 Å². The van der Waals surface area contributed by atoms with Crippen LogP contribution in [0.2, 0.25) is 5.02 Å². The maximum Gasteiger partial charge on any atom is 0.256 e. The van der Waals surface area contributed by atoms with E-state index in [1.54, 1.807) is 36.0 Å². The number of amides is 1. The van der Waals surface area contributed by atoms with Gasteiger partial charge >= 0.3 is 0 Å². The number of carbonyl (C=O) groups is 1. The lowest BCUT2D eigenvalue weighted by atomic mass is 10.2. The van der Waals surface area contributed by atoms with E-state index in [0.717, 1.165) is 16.3 Å². The minimum absolute atomic E-state index is 0.117. The molecular formula is C20H16ClNOS. The first kappa shape index (κ1) is 16.6. The van der Waals surface area contributed by atoms with Crippen molar-refractivity contribution < 1.29 is 4.79 Å². The van der Waals surface area contributed by atoms with Crippen molar-refractivity contribution in [2.75, 3.05) is 5.32 Å². The Hall–Kier alpha value is -2.23. The summed E-state index contributed by atoms with van der Waals surface area (Å²) in [6.07, 6.45) is 0. The Balaban J connectivity index is 1.73. The fourth-order valence-corrected chi connectivity index (χ4v) is 3.38. The third-order valence-corrected chi connectivity index (χ3v) is 4.87. The summed E-state index contributed by atoms with van der Waals surface area (Å²) in [6.45, 7) is 0. The number of hydrogen-bond acceptors (Lipinski definition) is 2. The van der Waals surface area contributed by atoms with E-state index in [4.69, 9.17) is 11.6 Å². The number of nitrogens with one attached hydrogen (secondary N) is 1. The van der Waals surface area contributed by atoms with E-state index in [-0.39, 0.29) is 5.91 Å². The Morgan fingerprint density at radius 1 is 0.875 bits per heavy atom. The number of halogens is 1. The van der Waals surface area contributed by atoms with Gasteiger partial charge in [-0.1, -0.05) is 54.1 Å². The summed E-state index contributed by atoms with van der Waals surface area (Å²) in [4.78, 5) is 13.5. The molecule has 0 saturated carbocycles. The summed E-state index contributed by atoms with van der Waals surface area (Å²) in [6, 6.07) is 25.0. The highest BCUT2D eigenvalue weighted by atomic mass is 35.5. The van der Waals surface area contributed by atoms with Crippen LogP contribution in [0.3, 0.4) is 0 Å². The first-order valence-electron chi connectivity index (χ1n) is 7.55. The number of anilines is 1. The van der Waals surface area contributed by atoms with Crippen LogP contribution in [-0.2, 0) is 5.75 Å². The van der Waals surface area contributed by atoms with Crippen molar-refractivity contribution in [3.63, 3.8) is 0 Å². The average Bonchev–Trinajstić information content (AvgIpc) is 2.63. The molecule has 24 heavy (non-hydrogen) atoms. The molecule has 1 amide bonds. The summed E-state index contributed by atoms with van der Waals surface area (Å²) < 4.78 is 0. The third kappa shape index (κ3) is 4.40. The molecule has 3 aromatic carbocycles. The van der Waals surface area contributed by atoms with Gasteiger partial charge in [0.1, 0.15) is 0 Å². The molecule has 3 aromatic rings. The number of hydrogen-bond donors (Lipinski definition) is 1. The topological polar surface area (TPSA) is 29.1 Å². The fraction of sp³-hybridized carbons (Fsp3) is 0.0500. The molecule has 120 valence electrons. The van der Waals surface area contributed by atoms with Crippen LogP contribution in [0.15, 0.2) is 83.8 Å². The van der Waals surface area contributed by atoms with Crippen molar-refractivity contribution >= 4 is 35.0 Å². The molecule has 0 fully saturated rings. The molecule has 0 atom stereocenters. The van der Waals surface area contributed by atoms with E-state index in [2.05, 4.69) is 17.4 Å². The Bertz CT molecular complexity index is 819. The molecule has 0 aliphatic heterocycles. The van der Waals surface area contributed by atoms with Gasteiger partial charge in [0.05, 0.1) is 5.56 Å². The summed E-state index contributed by atoms with van der Waals surface area (Å²) in [7, 11) is 0. The van der Waals surface area contributed by atoms with Crippen molar-refractivity contribution in [1.29, 1.82) is 0 Å². The van der Waals surface area contributed by atoms with Gasteiger partial charge in [-0.25, -0.2) is 0 Å². The van der Waals surface area contributed by atoms with Crippen molar-refractivity contribution in [3.8, 4) is 0 Å². The van der Waals surface area contributed by atoms with Crippen LogP contribution in [-0.4, -0.2) is 5.91 Å². The molecule has 3 rings (SSSR count). The predicted octanol–water partition coefficient (Wildman–Crippen LogP) is 5.88. The fourth-order valence-electron chi connectivity index (χ4n) is 2.25. The number of thioether (sulfide) groups is 1. The second-order valence-electron chi connectivity index (χ2n) is 5.23. The SMILES string of the molecule is O=C(Nc1ccc(Cl)cc1)c1ccccc1SCc1ccccc1. The molecule has 0 bridgehead atoms. The summed E-state index contributed by atoms with van der Waals surface area (Å²) in [5.41, 5.74) is 2.64. The molecule has 0 radical (unpaired) electrons. The van der Waals surface area contributed by atoms with Crippen molar-refractivity contribution in [2.24, 2.45) is 0 Å². The molecule has 1 N–H and O–H groups in total. The zero-order chi connectivity index (χ0) is 16.8. The third-order valence-electron chi connectivity index (χ3n) is 3.47. The van der Waals surface area contributed by atoms with Crippen LogP contribution in [0, 0.1) is 0 Å². The van der Waals surface area contributed by atoms with Crippen LogP contribution >= 0.6 is 23.4 Å². The van der Waals surface area contributed by atoms with Crippen LogP contribution in [0.4, 0.5) is 5.69 Å². The zero-order valence-electron chi connectivity index (χ0n) is 12.9. The van der Waals surface area contributed by atoms with E-state index in [0.29, 0.717) is 10.6 Å². The molecular weight excluding hydrogens is 338 g/mol. The summed E-state index contributed by atoms with van der Waals surface area (Å²) >= 11 is 7.53. The highest BCUT2D eigenvalue weighted by Gasteiger charge is 2.11. The Morgan fingerprint density at radius 3 is 2.29 bits per heavy atom. The van der Waals surface area contributed by atoms with Crippen LogP contribution in [0.1, 0.15) is 15.9 Å². The van der Waals surface area contributed by atoms with Gasteiger partial charge in [0, 0.05) is 21.4 Å². The Kier molecular flexibility index (Phi) is 5.57. The van der Waals surface area contributed by atoms with Gasteiger partial charge in [0.2, 0.25) is 0 Å². The molecule has 4 heteroatoms. The van der Waals surface area contributed by atoms with Gasteiger partial charge in [0.25, 0.3) is 5.91 Å². The first-order valence-corrected chi connectivity index (χ1v) is 8.91. The van der Waals surface area contributed by atoms with E-state index in [1.165, 1.54) is 5.56 Å². The minimum Gasteiger partial charge on any atom is -0.322 e. The smallest absolute Gasteiger partial charge is 0.256 e. The molecule has 0 heterocycles. The zero-order valence-corrected chi connectivity index (χ0v) is 14.5. The number of rotatable bonds is 5. The molecule has 2 nitrogen and oxygen atoms in total. The predicted molar refractivity (Wildman–Crippen MR) is 102 cm³/mol. The van der Waals surface area contributed by atoms with Gasteiger partial charge in [-0.05, 0) is 42.0 Å². The maximum absolute atomic E-state index is 12.6. The second kappa shape index (κ2) is 8.04. The molecule has 0 aromatic heterocycles. The minimum atomic E-state index is -0.117. The lowest BCUT2D eigenvalue weighted by Gasteiger charge is -2.10. The van der Waals surface area contributed by atoms with Crippen molar-refractivity contribution in [3.05, 3.63) is 95.0 Å². The van der Waals surface area contributed by atoms with Gasteiger partial charge in [-0.3, -0.25) is 4.79 Å². The molecule has 0 aliphatic carbocycles. The van der Waals surface area contributed by atoms with Crippen LogP contribution < -0.4 is 5.32 Å². The lowest BCUT2D eigenvalue weighted by Crippen LogP contribution is -2.12. The summed E-state index contributed by atoms with van der Waals surface area (Å²) in [5, 5.41) is 3.56. The first-order chi connectivity index (χ1) is 11.7. The number of benzene rings is 3. The molecule has 0 unspecified atom stereocenters. The largest absolute Gasteiger partial charge is 0.322 e. The van der Waals surface area contributed by atoms with Gasteiger partial charge in [0.15, 0.2) is 0 Å². The van der Waals surface area contributed by atoms with E-state index in [9.17, 15) is 4.79 Å². The highest BCUT2D eigenvalue weighted by Crippen LogP contribution is 2.27. The van der Waals surface area contributed by atoms with Gasteiger partial charge in [-0.15, -0.1) is 11.8 Å². The van der Waals surface area contributed by atoms with E-state index < -0.39 is 0 Å². The highest BCUT2D eigenvalue weighted by molar-refractivity contribution is 7.98. The van der Waals surface area contributed by atoms with Crippen LogP contribution in [0.5, 0.6) is 0 Å². The van der Waals surface area contributed by atoms with Crippen LogP contribution in [0.25, 0.3) is 0 Å². The Labute approximate surface area is 150 Å². The standard InChI is InChI=1S/C20H16ClNOS/c21-16-10-12-17(13-11-16)22-20(23)18-8-4-5-9-19(18)24-14-15-6-2-1-3-7-15/h1-13H,14H2,(H,22,23). The normalized spacial score (nSPS) is 10.4. The molecule has 0 saturated heterocycles. The quantitative estimate of drug-likeness (QED) is 0.580. The average molecular weight is 354 g/mol. The van der Waals surface area contributed by atoms with Crippen molar-refractivity contribution in [2.45, 2.75) is 10.6 Å². The summed E-state index contributed by atoms with van der Waals surface area (Å²) in [5.74, 6) is 0.708. The lowest BCUT2D eigenvalue weighted by molar-refractivity contribution is 0.102.